The zero-order chi connectivity index (χ0) is 13.3. The molecular weight excluding hydrogens is 222 g/mol. The van der Waals surface area contributed by atoms with Gasteiger partial charge in [-0.25, -0.2) is 0 Å². The molecule has 1 N–H and O–H groups in total. The van der Waals surface area contributed by atoms with Gasteiger partial charge in [0.15, 0.2) is 0 Å². The van der Waals surface area contributed by atoms with Crippen LogP contribution in [0.3, 0.4) is 0 Å². The Morgan fingerprint density at radius 1 is 1.06 bits per heavy atom. The van der Waals surface area contributed by atoms with Gasteiger partial charge in [-0.1, -0.05) is 51.1 Å². The maximum Gasteiger partial charge on any atom is 0.224 e. The van der Waals surface area contributed by atoms with Crippen molar-refractivity contribution < 1.29 is 4.79 Å². The summed E-state index contributed by atoms with van der Waals surface area (Å²) >= 11 is 0. The molecule has 0 aliphatic heterocycles. The molecule has 18 heavy (non-hydrogen) atoms. The van der Waals surface area contributed by atoms with Gasteiger partial charge >= 0.3 is 0 Å². The van der Waals surface area contributed by atoms with Crippen LogP contribution < -0.4 is 5.32 Å². The lowest BCUT2D eigenvalue weighted by Gasteiger charge is -2.22. The van der Waals surface area contributed by atoms with E-state index in [1.165, 1.54) is 10.9 Å². The summed E-state index contributed by atoms with van der Waals surface area (Å²) in [6.07, 6.45) is 0. The first-order chi connectivity index (χ1) is 8.39. The van der Waals surface area contributed by atoms with E-state index >= 15 is 0 Å². The summed E-state index contributed by atoms with van der Waals surface area (Å²) in [5.74, 6) is -0.288. The summed E-state index contributed by atoms with van der Waals surface area (Å²) in [5.41, 5.74) is 2.17. The Kier molecular flexibility index (Phi) is 3.12. The number of carbonyl (C=O) groups is 1. The minimum atomic E-state index is -0.288. The van der Waals surface area contributed by atoms with Crippen LogP contribution in [-0.4, -0.2) is 5.91 Å². The molecule has 2 rings (SSSR count). The van der Waals surface area contributed by atoms with Crippen molar-refractivity contribution >= 4 is 22.4 Å². The molecule has 0 bridgehead atoms. The maximum atomic E-state index is 11.1. The van der Waals surface area contributed by atoms with Gasteiger partial charge in [0.2, 0.25) is 5.91 Å². The Morgan fingerprint density at radius 3 is 2.22 bits per heavy atom. The van der Waals surface area contributed by atoms with Crippen LogP contribution in [-0.2, 0) is 10.2 Å². The number of anilines is 1. The molecule has 1 radical (unpaired) electrons. The highest BCUT2D eigenvalue weighted by Crippen LogP contribution is 2.33. The predicted octanol–water partition coefficient (Wildman–Crippen LogP) is 3.91. The van der Waals surface area contributed by atoms with Crippen molar-refractivity contribution in [1.82, 2.24) is 0 Å². The van der Waals surface area contributed by atoms with Crippen LogP contribution in [0, 0.1) is 6.92 Å². The fourth-order valence-corrected chi connectivity index (χ4v) is 2.21. The minimum absolute atomic E-state index is 0.0760. The predicted molar refractivity (Wildman–Crippen MR) is 76.6 cm³/mol. The maximum absolute atomic E-state index is 11.1. The normalized spacial score (nSPS) is 11.6. The highest BCUT2D eigenvalue weighted by molar-refractivity contribution is 6.04. The quantitative estimate of drug-likeness (QED) is 0.804. The summed E-state index contributed by atoms with van der Waals surface area (Å²) in [6.45, 7) is 9.93. The Bertz CT molecular complexity index is 594. The molecule has 2 heteroatoms. The number of benzene rings is 2. The van der Waals surface area contributed by atoms with Gasteiger partial charge in [-0.2, -0.15) is 0 Å². The Hall–Kier alpha value is -1.83. The summed E-state index contributed by atoms with van der Waals surface area (Å²) in [6, 6.07) is 12.1. The molecule has 0 heterocycles. The summed E-state index contributed by atoms with van der Waals surface area (Å²) in [4.78, 5) is 11.1. The monoisotopic (exact) mass is 240 g/mol. The van der Waals surface area contributed by atoms with E-state index in [9.17, 15) is 4.79 Å². The second-order valence-corrected chi connectivity index (χ2v) is 5.50. The zero-order valence-corrected chi connectivity index (χ0v) is 11.1. The average Bonchev–Trinajstić information content (AvgIpc) is 2.27. The standard InChI is InChI=1S/C16H18NO/c1-11(18)17-15-10-9-14(16(2,3)4)12-7-5-6-8-13(12)15/h5-10H,1H2,2-4H3,(H,17,18). The van der Waals surface area contributed by atoms with Gasteiger partial charge < -0.3 is 5.32 Å². The van der Waals surface area contributed by atoms with Crippen LogP contribution in [0.5, 0.6) is 0 Å². The lowest BCUT2D eigenvalue weighted by atomic mass is 9.83. The molecule has 0 saturated carbocycles. The molecule has 0 aliphatic rings. The second kappa shape index (κ2) is 4.45. The third kappa shape index (κ3) is 2.37. The van der Waals surface area contributed by atoms with Crippen molar-refractivity contribution in [3.63, 3.8) is 0 Å². The van der Waals surface area contributed by atoms with Crippen LogP contribution in [0.25, 0.3) is 10.8 Å². The van der Waals surface area contributed by atoms with Gasteiger partial charge in [0.25, 0.3) is 0 Å². The van der Waals surface area contributed by atoms with E-state index in [1.807, 2.05) is 24.3 Å². The number of hydrogen-bond acceptors (Lipinski definition) is 1. The highest BCUT2D eigenvalue weighted by atomic mass is 16.1. The molecule has 93 valence electrons. The van der Waals surface area contributed by atoms with E-state index in [1.54, 1.807) is 0 Å². The second-order valence-electron chi connectivity index (χ2n) is 5.50. The van der Waals surface area contributed by atoms with Crippen molar-refractivity contribution in [1.29, 1.82) is 0 Å². The molecule has 0 unspecified atom stereocenters. The topological polar surface area (TPSA) is 29.1 Å². The molecule has 2 aromatic carbocycles. The lowest BCUT2D eigenvalue weighted by molar-refractivity contribution is -0.112. The van der Waals surface area contributed by atoms with Crippen LogP contribution in [0.4, 0.5) is 5.69 Å². The summed E-state index contributed by atoms with van der Waals surface area (Å²) < 4.78 is 0. The number of rotatable bonds is 1. The highest BCUT2D eigenvalue weighted by Gasteiger charge is 2.17. The number of fused-ring (bicyclic) bond motifs is 1. The summed E-state index contributed by atoms with van der Waals surface area (Å²) in [5, 5.41) is 5.01. The van der Waals surface area contributed by atoms with E-state index in [0.717, 1.165) is 11.1 Å². The van der Waals surface area contributed by atoms with E-state index in [2.05, 4.69) is 45.1 Å². The zero-order valence-electron chi connectivity index (χ0n) is 11.1. The first-order valence-corrected chi connectivity index (χ1v) is 6.05. The van der Waals surface area contributed by atoms with Gasteiger partial charge in [-0.05, 0) is 22.4 Å². The molecule has 0 spiro atoms. The number of nitrogens with one attached hydrogen (secondary N) is 1. The molecule has 2 nitrogen and oxygen atoms in total. The van der Waals surface area contributed by atoms with Crippen molar-refractivity contribution in [2.45, 2.75) is 26.2 Å². The number of hydrogen-bond donors (Lipinski definition) is 1. The smallest absolute Gasteiger partial charge is 0.224 e. The molecule has 0 aromatic heterocycles. The molecule has 0 aliphatic carbocycles. The van der Waals surface area contributed by atoms with E-state index < -0.39 is 0 Å². The first-order valence-electron chi connectivity index (χ1n) is 6.05. The van der Waals surface area contributed by atoms with E-state index in [0.29, 0.717) is 0 Å². The molecule has 0 atom stereocenters. The largest absolute Gasteiger partial charge is 0.326 e. The van der Waals surface area contributed by atoms with Gasteiger partial charge in [0.1, 0.15) is 0 Å². The number of carbonyl (C=O) groups excluding carboxylic acids is 1. The van der Waals surface area contributed by atoms with Crippen LogP contribution >= 0.6 is 0 Å². The SMILES string of the molecule is [CH2]C(=O)Nc1ccc(C(C)(C)C)c2ccccc12. The van der Waals surface area contributed by atoms with Gasteiger partial charge in [-0.15, -0.1) is 0 Å². The van der Waals surface area contributed by atoms with Crippen molar-refractivity contribution in [2.75, 3.05) is 5.32 Å². The summed E-state index contributed by atoms with van der Waals surface area (Å²) in [7, 11) is 0. The lowest BCUT2D eigenvalue weighted by Crippen LogP contribution is -2.13. The van der Waals surface area contributed by atoms with Crippen molar-refractivity contribution in [3.8, 4) is 0 Å². The number of amides is 1. The van der Waals surface area contributed by atoms with Crippen molar-refractivity contribution in [2.24, 2.45) is 0 Å². The third-order valence-corrected chi connectivity index (χ3v) is 3.01. The Labute approximate surface area is 108 Å². The molecular formula is C16H18NO. The molecule has 2 aromatic rings. The average molecular weight is 240 g/mol. The van der Waals surface area contributed by atoms with Crippen LogP contribution in [0.15, 0.2) is 36.4 Å². The van der Waals surface area contributed by atoms with E-state index in [4.69, 9.17) is 0 Å². The van der Waals surface area contributed by atoms with Gasteiger partial charge in [0.05, 0.1) is 0 Å². The van der Waals surface area contributed by atoms with Crippen LogP contribution in [0.1, 0.15) is 26.3 Å². The van der Waals surface area contributed by atoms with Crippen molar-refractivity contribution in [3.05, 3.63) is 48.9 Å². The van der Waals surface area contributed by atoms with Gasteiger partial charge in [0, 0.05) is 18.0 Å². The van der Waals surface area contributed by atoms with Crippen LogP contribution in [0.2, 0.25) is 0 Å². The molecule has 1 amide bonds. The molecule has 0 fully saturated rings. The van der Waals surface area contributed by atoms with E-state index in [-0.39, 0.29) is 11.3 Å². The molecule has 0 saturated heterocycles. The Balaban J connectivity index is 2.70. The fourth-order valence-electron chi connectivity index (χ4n) is 2.21. The fraction of sp³-hybridized carbons (Fsp3) is 0.250. The first kappa shape index (κ1) is 12.6. The van der Waals surface area contributed by atoms with Gasteiger partial charge in [-0.3, -0.25) is 4.79 Å². The minimum Gasteiger partial charge on any atom is -0.326 e. The third-order valence-electron chi connectivity index (χ3n) is 3.01. The Morgan fingerprint density at radius 2 is 1.67 bits per heavy atom.